The lowest BCUT2D eigenvalue weighted by atomic mass is 10.2. The second-order valence-electron chi connectivity index (χ2n) is 9.54. The van der Waals surface area contributed by atoms with Crippen molar-refractivity contribution in [3.8, 4) is 17.3 Å². The molecule has 7 nitrogen and oxygen atoms in total. The first-order chi connectivity index (χ1) is 18.4. The van der Waals surface area contributed by atoms with Gasteiger partial charge >= 0.3 is 0 Å². The van der Waals surface area contributed by atoms with Crippen LogP contribution < -0.4 is 10.5 Å². The highest BCUT2D eigenvalue weighted by Crippen LogP contribution is 2.27. The van der Waals surface area contributed by atoms with Crippen molar-refractivity contribution in [3.05, 3.63) is 112 Å². The van der Waals surface area contributed by atoms with E-state index in [9.17, 15) is 4.79 Å². The lowest BCUT2D eigenvalue weighted by Crippen LogP contribution is -2.20. The number of aromatic nitrogens is 3. The summed E-state index contributed by atoms with van der Waals surface area (Å²) in [4.78, 5) is 20.4. The molecule has 6 aromatic rings. The molecule has 0 aliphatic rings. The lowest BCUT2D eigenvalue weighted by Gasteiger charge is -2.14. The van der Waals surface area contributed by atoms with Gasteiger partial charge in [-0.15, -0.1) is 0 Å². The maximum absolute atomic E-state index is 13.6. The maximum Gasteiger partial charge on any atom is 0.282 e. The van der Waals surface area contributed by atoms with Crippen LogP contribution in [-0.4, -0.2) is 34.5 Å². The van der Waals surface area contributed by atoms with Gasteiger partial charge in [-0.05, 0) is 68.4 Å². The minimum absolute atomic E-state index is 0.254. The van der Waals surface area contributed by atoms with Crippen LogP contribution in [0.1, 0.15) is 17.0 Å². The van der Waals surface area contributed by atoms with Gasteiger partial charge in [0, 0.05) is 47.8 Å². The first-order valence-electron chi connectivity index (χ1n) is 12.4. The van der Waals surface area contributed by atoms with E-state index in [1.54, 1.807) is 12.3 Å². The Morgan fingerprint density at radius 2 is 1.66 bits per heavy atom. The van der Waals surface area contributed by atoms with Gasteiger partial charge in [0.25, 0.3) is 5.56 Å². The predicted octanol–water partition coefficient (Wildman–Crippen LogP) is 6.17. The Hall–Kier alpha value is -4.91. The largest absolute Gasteiger partial charge is 0.453 e. The number of para-hydroxylation sites is 2. The standard InChI is InChI=1S/C31H27N5O2/c1-20-17-23(21(2)35(20)25-15-13-24(14-16-25)34(3)4)19-32-36-30(29-18-22-9-5-8-12-28(22)38-29)33-27-11-7-6-10-26(27)31(36)37/h5-19H,1-4H3. The Kier molecular flexibility index (Phi) is 5.68. The van der Waals surface area contributed by atoms with Crippen LogP contribution in [0.2, 0.25) is 0 Å². The topological polar surface area (TPSA) is 68.6 Å². The predicted molar refractivity (Wildman–Crippen MR) is 154 cm³/mol. The number of hydrogen-bond donors (Lipinski definition) is 0. The van der Waals surface area contributed by atoms with Crippen molar-refractivity contribution >= 4 is 33.8 Å². The van der Waals surface area contributed by atoms with Crippen LogP contribution in [0.3, 0.4) is 0 Å². The van der Waals surface area contributed by atoms with E-state index in [0.29, 0.717) is 22.5 Å². The molecule has 3 heterocycles. The Labute approximate surface area is 219 Å². The van der Waals surface area contributed by atoms with Crippen molar-refractivity contribution in [1.82, 2.24) is 14.2 Å². The van der Waals surface area contributed by atoms with Crippen LogP contribution in [0.15, 0.2) is 99.2 Å². The van der Waals surface area contributed by atoms with Gasteiger partial charge in [-0.3, -0.25) is 4.79 Å². The van der Waals surface area contributed by atoms with Crippen molar-refractivity contribution in [3.63, 3.8) is 0 Å². The number of nitrogens with zero attached hydrogens (tertiary/aromatic N) is 5. The van der Waals surface area contributed by atoms with E-state index in [-0.39, 0.29) is 5.56 Å². The van der Waals surface area contributed by atoms with Gasteiger partial charge in [0.15, 0.2) is 5.76 Å². The molecule has 0 fully saturated rings. The molecule has 6 rings (SSSR count). The molecule has 38 heavy (non-hydrogen) atoms. The molecule has 0 saturated heterocycles. The molecule has 0 radical (unpaired) electrons. The monoisotopic (exact) mass is 501 g/mol. The Balaban J connectivity index is 1.47. The Morgan fingerprint density at radius 3 is 2.42 bits per heavy atom. The summed E-state index contributed by atoms with van der Waals surface area (Å²) in [5.74, 6) is 0.840. The Bertz CT molecular complexity index is 1860. The van der Waals surface area contributed by atoms with Crippen LogP contribution in [-0.2, 0) is 0 Å². The third-order valence-electron chi connectivity index (χ3n) is 6.81. The third-order valence-corrected chi connectivity index (χ3v) is 6.81. The minimum Gasteiger partial charge on any atom is -0.453 e. The highest BCUT2D eigenvalue weighted by Gasteiger charge is 2.17. The second kappa shape index (κ2) is 9.19. The average molecular weight is 502 g/mol. The summed E-state index contributed by atoms with van der Waals surface area (Å²) in [6.45, 7) is 4.11. The van der Waals surface area contributed by atoms with E-state index >= 15 is 0 Å². The van der Waals surface area contributed by atoms with E-state index in [0.717, 1.165) is 39.3 Å². The average Bonchev–Trinajstić information content (AvgIpc) is 3.48. The number of anilines is 1. The quantitative estimate of drug-likeness (QED) is 0.265. The highest BCUT2D eigenvalue weighted by molar-refractivity contribution is 5.85. The molecule has 0 amide bonds. The molecule has 0 atom stereocenters. The van der Waals surface area contributed by atoms with Crippen LogP contribution in [0.25, 0.3) is 39.1 Å². The zero-order valence-electron chi connectivity index (χ0n) is 21.7. The minimum atomic E-state index is -0.254. The molecular weight excluding hydrogens is 474 g/mol. The molecule has 3 aromatic heterocycles. The van der Waals surface area contributed by atoms with Crippen LogP contribution in [0, 0.1) is 13.8 Å². The number of furan rings is 1. The summed E-state index contributed by atoms with van der Waals surface area (Å²) in [6, 6.07) is 27.4. The molecule has 0 N–H and O–H groups in total. The fourth-order valence-corrected chi connectivity index (χ4v) is 4.82. The van der Waals surface area contributed by atoms with Crippen molar-refractivity contribution in [2.24, 2.45) is 5.10 Å². The fourth-order valence-electron chi connectivity index (χ4n) is 4.82. The van der Waals surface area contributed by atoms with Gasteiger partial charge in [-0.1, -0.05) is 30.3 Å². The number of hydrogen-bond acceptors (Lipinski definition) is 5. The molecule has 7 heteroatoms. The first-order valence-corrected chi connectivity index (χ1v) is 12.4. The van der Waals surface area contributed by atoms with E-state index in [2.05, 4.69) is 58.7 Å². The van der Waals surface area contributed by atoms with Crippen LogP contribution >= 0.6 is 0 Å². The molecule has 0 spiro atoms. The zero-order chi connectivity index (χ0) is 26.4. The fraction of sp³-hybridized carbons (Fsp3) is 0.129. The van der Waals surface area contributed by atoms with Gasteiger partial charge < -0.3 is 13.9 Å². The van der Waals surface area contributed by atoms with Gasteiger partial charge in [0.1, 0.15) is 5.58 Å². The summed E-state index contributed by atoms with van der Waals surface area (Å²) in [6.07, 6.45) is 1.72. The number of aryl methyl sites for hydroxylation is 1. The van der Waals surface area contributed by atoms with E-state index < -0.39 is 0 Å². The van der Waals surface area contributed by atoms with Gasteiger partial charge in [-0.2, -0.15) is 9.78 Å². The molecule has 188 valence electrons. The second-order valence-corrected chi connectivity index (χ2v) is 9.54. The Morgan fingerprint density at radius 1 is 0.921 bits per heavy atom. The smallest absolute Gasteiger partial charge is 0.282 e. The molecular formula is C31H27N5O2. The lowest BCUT2D eigenvalue weighted by molar-refractivity contribution is 0.616. The molecule has 0 aliphatic carbocycles. The SMILES string of the molecule is Cc1cc(C=Nn2c(-c3cc4ccccc4o3)nc3ccccc3c2=O)c(C)n1-c1ccc(N(C)C)cc1. The highest BCUT2D eigenvalue weighted by atomic mass is 16.3. The van der Waals surface area contributed by atoms with Gasteiger partial charge in [-0.25, -0.2) is 4.98 Å². The van der Waals surface area contributed by atoms with Gasteiger partial charge in [0.05, 0.1) is 17.1 Å². The van der Waals surface area contributed by atoms with Gasteiger partial charge in [0.2, 0.25) is 5.82 Å². The molecule has 0 saturated carbocycles. The van der Waals surface area contributed by atoms with E-state index in [1.165, 1.54) is 4.68 Å². The van der Waals surface area contributed by atoms with Crippen LogP contribution in [0.4, 0.5) is 5.69 Å². The molecule has 0 unspecified atom stereocenters. The zero-order valence-corrected chi connectivity index (χ0v) is 21.7. The number of rotatable bonds is 5. The third kappa shape index (κ3) is 3.98. The van der Waals surface area contributed by atoms with Crippen molar-refractivity contribution in [2.75, 3.05) is 19.0 Å². The summed E-state index contributed by atoms with van der Waals surface area (Å²) in [5, 5.41) is 6.09. The number of benzene rings is 3. The molecule has 0 aliphatic heterocycles. The van der Waals surface area contributed by atoms with Crippen molar-refractivity contribution in [1.29, 1.82) is 0 Å². The first kappa shape index (κ1) is 23.5. The van der Waals surface area contributed by atoms with E-state index in [4.69, 9.17) is 9.40 Å². The van der Waals surface area contributed by atoms with E-state index in [1.807, 2.05) is 62.6 Å². The summed E-state index contributed by atoms with van der Waals surface area (Å²) >= 11 is 0. The van der Waals surface area contributed by atoms with Crippen molar-refractivity contribution in [2.45, 2.75) is 13.8 Å². The summed E-state index contributed by atoms with van der Waals surface area (Å²) in [7, 11) is 4.05. The normalized spacial score (nSPS) is 11.7. The molecule has 0 bridgehead atoms. The maximum atomic E-state index is 13.6. The summed E-state index contributed by atoms with van der Waals surface area (Å²) in [5.41, 5.74) is 6.28. The van der Waals surface area contributed by atoms with Crippen LogP contribution in [0.5, 0.6) is 0 Å². The number of fused-ring (bicyclic) bond motifs is 2. The van der Waals surface area contributed by atoms with Crippen molar-refractivity contribution < 1.29 is 4.42 Å². The molecule has 3 aromatic carbocycles. The summed E-state index contributed by atoms with van der Waals surface area (Å²) < 4.78 is 9.59.